The second kappa shape index (κ2) is 16.8. The molecule has 0 saturated carbocycles. The fraction of sp³-hybridized carbons (Fsp3) is 0.211. The van der Waals surface area contributed by atoms with Gasteiger partial charge < -0.3 is 38.8 Å². The van der Waals surface area contributed by atoms with Crippen LogP contribution in [0.1, 0.15) is 44.5 Å². The first-order chi connectivity index (χ1) is 23.2. The van der Waals surface area contributed by atoms with Crippen LogP contribution in [0, 0.1) is 55.4 Å². The molecule has 0 radical (unpaired) electrons. The molecule has 0 atom stereocenters. The quantitative estimate of drug-likeness (QED) is 0.0928. The van der Waals surface area contributed by atoms with Crippen molar-refractivity contribution in [3.05, 3.63) is 129 Å². The average molecular weight is 723 g/mol. The Morgan fingerprint density at radius 3 is 1.22 bits per heavy atom. The maximum absolute atomic E-state index is 8.88. The van der Waals surface area contributed by atoms with Gasteiger partial charge in [0.05, 0.1) is 5.56 Å². The smallest absolute Gasteiger partial charge is 0.456 e. The number of rotatable bonds is 6. The Labute approximate surface area is 293 Å². The van der Waals surface area contributed by atoms with Crippen molar-refractivity contribution < 1.29 is 48.0 Å². The Hall–Kier alpha value is -4.08. The largest absolute Gasteiger partial charge is 0.466 e. The summed E-state index contributed by atoms with van der Waals surface area (Å²) in [7, 11) is -9.28. The highest BCUT2D eigenvalue weighted by molar-refractivity contribution is 7.45. The van der Waals surface area contributed by atoms with Crippen molar-refractivity contribution in [3.63, 3.8) is 0 Å². The molecule has 50 heavy (non-hydrogen) atoms. The van der Waals surface area contributed by atoms with Gasteiger partial charge in [-0.15, -0.1) is 0 Å². The third-order valence-electron chi connectivity index (χ3n) is 8.43. The van der Waals surface area contributed by atoms with E-state index in [9.17, 15) is 0 Å². The third kappa shape index (κ3) is 11.2. The number of aryl methyl sites for hydroxylation is 4. The minimum Gasteiger partial charge on any atom is -0.456 e. The fourth-order valence-electron chi connectivity index (χ4n) is 5.19. The van der Waals surface area contributed by atoms with Crippen LogP contribution < -0.4 is 9.47 Å². The van der Waals surface area contributed by atoms with Crippen LogP contribution in [-0.4, -0.2) is 29.4 Å². The molecule has 6 N–H and O–H groups in total. The third-order valence-corrected chi connectivity index (χ3v) is 8.43. The molecule has 0 amide bonds. The van der Waals surface area contributed by atoms with E-state index < -0.39 is 15.6 Å². The van der Waals surface area contributed by atoms with E-state index in [-0.39, 0.29) is 0 Å². The summed E-state index contributed by atoms with van der Waals surface area (Å²) < 4.78 is 31.5. The Morgan fingerprint density at radius 1 is 0.400 bits per heavy atom. The van der Waals surface area contributed by atoms with Crippen LogP contribution in [0.4, 0.5) is 0 Å². The Kier molecular flexibility index (Phi) is 13.5. The lowest BCUT2D eigenvalue weighted by atomic mass is 9.90. The van der Waals surface area contributed by atoms with Crippen LogP contribution in [-0.2, 0) is 9.13 Å². The van der Waals surface area contributed by atoms with Gasteiger partial charge in [-0.2, -0.15) is 0 Å². The number of benzene rings is 5. The zero-order chi connectivity index (χ0) is 37.6. The van der Waals surface area contributed by atoms with E-state index in [1.54, 1.807) is 0 Å². The highest BCUT2D eigenvalue weighted by atomic mass is 31.2. The molecule has 266 valence electrons. The van der Waals surface area contributed by atoms with Gasteiger partial charge in [0.2, 0.25) is 0 Å². The monoisotopic (exact) mass is 722 g/mol. The van der Waals surface area contributed by atoms with Gasteiger partial charge in [-0.25, -0.2) is 9.13 Å². The van der Waals surface area contributed by atoms with Gasteiger partial charge in [0.15, 0.2) is 0 Å². The number of ether oxygens (including phenoxy) is 2. The summed E-state index contributed by atoms with van der Waals surface area (Å²) in [6.45, 7) is 17.2. The Morgan fingerprint density at radius 2 is 0.760 bits per heavy atom. The number of hydrogen-bond acceptors (Lipinski definition) is 4. The molecule has 5 aromatic rings. The van der Waals surface area contributed by atoms with Crippen molar-refractivity contribution in [3.8, 4) is 45.3 Å². The second-order valence-electron chi connectivity index (χ2n) is 11.9. The molecule has 0 saturated heterocycles. The lowest BCUT2D eigenvalue weighted by molar-refractivity contribution is 0.272. The minimum atomic E-state index is -4.64. The molecular weight excluding hydrogens is 678 g/mol. The maximum Gasteiger partial charge on any atom is 0.466 e. The summed E-state index contributed by atoms with van der Waals surface area (Å²) in [4.78, 5) is 43.1. The predicted octanol–water partition coefficient (Wildman–Crippen LogP) is 9.22. The van der Waals surface area contributed by atoms with Gasteiger partial charge in [-0.3, -0.25) is 0 Å². The summed E-state index contributed by atoms with van der Waals surface area (Å²) in [6.07, 6.45) is 0. The zero-order valence-corrected chi connectivity index (χ0v) is 31.1. The molecule has 5 rings (SSSR count). The van der Waals surface area contributed by atoms with Crippen LogP contribution in [0.3, 0.4) is 0 Å². The van der Waals surface area contributed by atoms with Crippen molar-refractivity contribution in [1.29, 1.82) is 0 Å². The summed E-state index contributed by atoms with van der Waals surface area (Å²) in [5.41, 5.74) is 13.8. The van der Waals surface area contributed by atoms with Gasteiger partial charge in [-0.1, -0.05) is 60.7 Å². The molecule has 0 aliphatic heterocycles. The molecule has 0 aliphatic rings. The Bertz CT molecular complexity index is 2040. The predicted molar refractivity (Wildman–Crippen MR) is 197 cm³/mol. The molecule has 5 aromatic carbocycles. The van der Waals surface area contributed by atoms with E-state index in [2.05, 4.69) is 128 Å². The van der Waals surface area contributed by atoms with Gasteiger partial charge in [0.25, 0.3) is 0 Å². The van der Waals surface area contributed by atoms with E-state index in [0.717, 1.165) is 56.4 Å². The summed E-state index contributed by atoms with van der Waals surface area (Å²) in [5.74, 6) is 3.28. The molecular formula is C38H44O10P2. The molecule has 12 heteroatoms. The first-order valence-electron chi connectivity index (χ1n) is 15.5. The first kappa shape index (κ1) is 40.4. The SMILES string of the molecule is Cc1cccc(Oc2ccc(-c3cccc(C)c3C)c(Oc3cccc(C)c3C)c2-c2cccc(C)c2C)c1C.O=P(O)(O)O.O=P(O)(O)O. The van der Waals surface area contributed by atoms with Crippen molar-refractivity contribution in [1.82, 2.24) is 0 Å². The highest BCUT2D eigenvalue weighted by Crippen LogP contribution is 2.50. The average Bonchev–Trinajstić information content (AvgIpc) is 3.00. The molecule has 0 aliphatic carbocycles. The van der Waals surface area contributed by atoms with Crippen LogP contribution in [0.2, 0.25) is 0 Å². The maximum atomic E-state index is 8.88. The molecule has 0 bridgehead atoms. The van der Waals surface area contributed by atoms with Crippen molar-refractivity contribution in [2.75, 3.05) is 0 Å². The molecule has 0 fully saturated rings. The van der Waals surface area contributed by atoms with Crippen molar-refractivity contribution in [2.45, 2.75) is 55.4 Å². The summed E-state index contributed by atoms with van der Waals surface area (Å²) >= 11 is 0. The van der Waals surface area contributed by atoms with Crippen LogP contribution in [0.5, 0.6) is 23.0 Å². The Balaban J connectivity index is 0.000000595. The van der Waals surface area contributed by atoms with Gasteiger partial charge in [0, 0.05) is 5.56 Å². The standard InChI is InChI=1S/C38H38O2.2H3O4P/c1-23-13-9-17-31(27(23)5)33-21-22-36(39-34-19-11-15-25(3)29(34)7)37(32-18-10-14-24(2)28(32)6)38(33)40-35-20-12-16-26(4)30(35)8;2*1-5(2,3)4/h9-22H,1-8H3;2*(H3,1,2,3,4). The van der Waals surface area contributed by atoms with Crippen molar-refractivity contribution >= 4 is 15.6 Å². The topological polar surface area (TPSA) is 174 Å². The first-order valence-corrected chi connectivity index (χ1v) is 18.6. The summed E-state index contributed by atoms with van der Waals surface area (Å²) in [5, 5.41) is 0. The summed E-state index contributed by atoms with van der Waals surface area (Å²) in [6, 6.07) is 29.6. The lowest BCUT2D eigenvalue weighted by Gasteiger charge is -2.23. The molecule has 0 heterocycles. The second-order valence-corrected chi connectivity index (χ2v) is 14.0. The molecule has 10 nitrogen and oxygen atoms in total. The van der Waals surface area contributed by atoms with Gasteiger partial charge in [0.1, 0.15) is 23.0 Å². The number of phosphoric acid groups is 2. The molecule has 0 unspecified atom stereocenters. The van der Waals surface area contributed by atoms with Crippen LogP contribution in [0.25, 0.3) is 22.3 Å². The zero-order valence-electron chi connectivity index (χ0n) is 29.3. The highest BCUT2D eigenvalue weighted by Gasteiger charge is 2.24. The minimum absolute atomic E-state index is 0.775. The van der Waals surface area contributed by atoms with Crippen molar-refractivity contribution in [2.24, 2.45) is 0 Å². The van der Waals surface area contributed by atoms with E-state index in [1.807, 2.05) is 12.1 Å². The van der Waals surface area contributed by atoms with E-state index in [4.69, 9.17) is 48.0 Å². The fourth-order valence-corrected chi connectivity index (χ4v) is 5.19. The van der Waals surface area contributed by atoms with Gasteiger partial charge >= 0.3 is 15.6 Å². The molecule has 0 spiro atoms. The van der Waals surface area contributed by atoms with Gasteiger partial charge in [-0.05, 0) is 135 Å². The van der Waals surface area contributed by atoms with Crippen LogP contribution >= 0.6 is 15.6 Å². The van der Waals surface area contributed by atoms with E-state index in [1.165, 1.54) is 33.4 Å². The molecule has 0 aromatic heterocycles. The lowest BCUT2D eigenvalue weighted by Crippen LogP contribution is -2.01. The van der Waals surface area contributed by atoms with E-state index >= 15 is 0 Å². The number of hydrogen-bond donors (Lipinski definition) is 6. The normalized spacial score (nSPS) is 11.2. The van der Waals surface area contributed by atoms with Crippen LogP contribution in [0.15, 0.2) is 84.9 Å². The van der Waals surface area contributed by atoms with E-state index in [0.29, 0.717) is 0 Å².